The van der Waals surface area contributed by atoms with Gasteiger partial charge in [0.25, 0.3) is 11.8 Å². The Hall–Kier alpha value is -2.90. The van der Waals surface area contributed by atoms with Crippen molar-refractivity contribution in [3.05, 3.63) is 35.4 Å². The monoisotopic (exact) mass is 470 g/mol. The zero-order chi connectivity index (χ0) is 25.2. The van der Waals surface area contributed by atoms with Crippen molar-refractivity contribution < 1.29 is 19.2 Å². The summed E-state index contributed by atoms with van der Waals surface area (Å²) in [4.78, 5) is 54.9. The van der Waals surface area contributed by atoms with E-state index < -0.39 is 12.1 Å². The molecule has 2 aliphatic rings. The summed E-state index contributed by atoms with van der Waals surface area (Å²) in [6, 6.07) is 5.39. The Morgan fingerprint density at radius 3 is 1.56 bits per heavy atom. The van der Waals surface area contributed by atoms with Gasteiger partial charge < -0.3 is 20.4 Å². The minimum atomic E-state index is -0.566. The van der Waals surface area contributed by atoms with Crippen molar-refractivity contribution in [2.45, 2.75) is 78.6 Å². The molecule has 4 atom stereocenters. The molecule has 1 aromatic rings. The van der Waals surface area contributed by atoms with Gasteiger partial charge in [0.2, 0.25) is 11.8 Å². The summed E-state index contributed by atoms with van der Waals surface area (Å²) in [6.07, 6.45) is 1.12. The topological polar surface area (TPSA) is 98.8 Å². The quantitative estimate of drug-likeness (QED) is 0.610. The molecule has 0 aliphatic carbocycles. The molecule has 0 saturated carbocycles. The summed E-state index contributed by atoms with van der Waals surface area (Å²) >= 11 is 0. The summed E-state index contributed by atoms with van der Waals surface area (Å²) < 4.78 is 0. The van der Waals surface area contributed by atoms with Crippen LogP contribution >= 0.6 is 0 Å². The highest BCUT2D eigenvalue weighted by molar-refractivity contribution is 6.02. The summed E-state index contributed by atoms with van der Waals surface area (Å²) in [5, 5.41) is 5.66. The molecule has 2 unspecified atom stereocenters. The van der Waals surface area contributed by atoms with Crippen molar-refractivity contribution >= 4 is 23.6 Å². The van der Waals surface area contributed by atoms with Crippen LogP contribution in [0.2, 0.25) is 0 Å². The van der Waals surface area contributed by atoms with Crippen molar-refractivity contribution in [2.75, 3.05) is 13.1 Å². The zero-order valence-corrected chi connectivity index (χ0v) is 21.1. The second kappa shape index (κ2) is 10.6. The van der Waals surface area contributed by atoms with Gasteiger partial charge in [0.1, 0.15) is 12.1 Å². The molecule has 2 saturated heterocycles. The van der Waals surface area contributed by atoms with Gasteiger partial charge in [-0.3, -0.25) is 19.2 Å². The van der Waals surface area contributed by atoms with E-state index in [2.05, 4.69) is 38.3 Å². The second-order valence-electron chi connectivity index (χ2n) is 10.6. The van der Waals surface area contributed by atoms with Gasteiger partial charge in [0.05, 0.1) is 0 Å². The van der Waals surface area contributed by atoms with Crippen molar-refractivity contribution in [1.82, 2.24) is 20.4 Å². The van der Waals surface area contributed by atoms with Crippen molar-refractivity contribution in [3.8, 4) is 0 Å². The summed E-state index contributed by atoms with van der Waals surface area (Å²) in [6.45, 7) is 13.5. The maximum Gasteiger partial charge on any atom is 0.251 e. The number of nitrogens with zero attached hydrogens (tertiary/aromatic N) is 2. The molecule has 0 bridgehead atoms. The lowest BCUT2D eigenvalue weighted by Crippen LogP contribution is -2.43. The van der Waals surface area contributed by atoms with E-state index in [4.69, 9.17) is 0 Å². The highest BCUT2D eigenvalue weighted by Crippen LogP contribution is 2.22. The largest absolute Gasteiger partial charge is 0.340 e. The lowest BCUT2D eigenvalue weighted by atomic mass is 10.1. The third-order valence-electron chi connectivity index (χ3n) is 6.50. The van der Waals surface area contributed by atoms with Gasteiger partial charge in [-0.05, 0) is 56.7 Å². The Balaban J connectivity index is 1.63. The molecule has 8 heteroatoms. The average molecular weight is 471 g/mol. The molecule has 1 aromatic carbocycles. The SMILES string of the molecule is CC(C)CN1C(=O)[C@@H](NC(=O)c2cccc(C(=O)N[C@H]3CC(C)N(CC(C)C)C3=O)c2)CC1C. The van der Waals surface area contributed by atoms with E-state index in [0.29, 0.717) is 48.9 Å². The predicted molar refractivity (Wildman–Crippen MR) is 130 cm³/mol. The van der Waals surface area contributed by atoms with Crippen LogP contribution in [0.1, 0.15) is 75.1 Å². The first-order valence-corrected chi connectivity index (χ1v) is 12.3. The molecule has 0 spiro atoms. The molecule has 186 valence electrons. The predicted octanol–water partition coefficient (Wildman–Crippen LogP) is 2.44. The molecule has 2 fully saturated rings. The molecule has 4 amide bonds. The molecule has 8 nitrogen and oxygen atoms in total. The fraction of sp³-hybridized carbons (Fsp3) is 0.615. The molecular formula is C26H38N4O4. The summed E-state index contributed by atoms with van der Waals surface area (Å²) in [5.41, 5.74) is 0.617. The molecule has 2 heterocycles. The standard InChI is InChI=1S/C26H38N4O4/c1-15(2)13-29-17(5)10-21(25(29)33)27-23(31)19-8-7-9-20(12-19)24(32)28-22-11-18(6)30(26(22)34)14-16(3)4/h7-9,12,15-18,21-22H,10-11,13-14H2,1-6H3,(H,27,31)(H,28,32)/t17?,18?,21-,22-/m0/s1. The van der Waals surface area contributed by atoms with Crippen molar-refractivity contribution in [3.63, 3.8) is 0 Å². The Bertz CT molecular complexity index is 873. The smallest absolute Gasteiger partial charge is 0.251 e. The van der Waals surface area contributed by atoms with Crippen LogP contribution in [0.5, 0.6) is 0 Å². The number of nitrogens with one attached hydrogen (secondary N) is 2. The number of amides is 4. The van der Waals surface area contributed by atoms with Crippen LogP contribution in [-0.2, 0) is 9.59 Å². The maximum atomic E-state index is 12.9. The Morgan fingerprint density at radius 1 is 0.824 bits per heavy atom. The van der Waals surface area contributed by atoms with Gasteiger partial charge in [-0.15, -0.1) is 0 Å². The first-order chi connectivity index (χ1) is 16.0. The highest BCUT2D eigenvalue weighted by atomic mass is 16.2. The molecule has 2 aliphatic heterocycles. The third-order valence-corrected chi connectivity index (χ3v) is 6.50. The highest BCUT2D eigenvalue weighted by Gasteiger charge is 2.39. The van der Waals surface area contributed by atoms with Crippen molar-refractivity contribution in [1.29, 1.82) is 0 Å². The first-order valence-electron chi connectivity index (χ1n) is 12.3. The molecule has 2 N–H and O–H groups in total. The molecule has 34 heavy (non-hydrogen) atoms. The van der Waals surface area contributed by atoms with E-state index in [0.717, 1.165) is 0 Å². The van der Waals surface area contributed by atoms with E-state index >= 15 is 0 Å². The first kappa shape index (κ1) is 25.7. The summed E-state index contributed by atoms with van der Waals surface area (Å²) in [5.74, 6) is -0.210. The van der Waals surface area contributed by atoms with Gasteiger partial charge in [-0.1, -0.05) is 33.8 Å². The van der Waals surface area contributed by atoms with Crippen LogP contribution in [0.3, 0.4) is 0 Å². The van der Waals surface area contributed by atoms with E-state index in [1.807, 2.05) is 23.6 Å². The number of benzene rings is 1. The fourth-order valence-corrected chi connectivity index (χ4v) is 4.83. The van der Waals surface area contributed by atoms with Crippen LogP contribution in [0, 0.1) is 11.8 Å². The van der Waals surface area contributed by atoms with Crippen LogP contribution in [0.4, 0.5) is 0 Å². The molecular weight excluding hydrogens is 432 g/mol. The lowest BCUT2D eigenvalue weighted by molar-refractivity contribution is -0.131. The Labute approximate surface area is 202 Å². The number of hydrogen-bond acceptors (Lipinski definition) is 4. The van der Waals surface area contributed by atoms with Crippen LogP contribution < -0.4 is 10.6 Å². The van der Waals surface area contributed by atoms with Gasteiger partial charge in [-0.2, -0.15) is 0 Å². The van der Waals surface area contributed by atoms with E-state index in [-0.39, 0.29) is 35.7 Å². The van der Waals surface area contributed by atoms with E-state index in [1.165, 1.54) is 6.07 Å². The fourth-order valence-electron chi connectivity index (χ4n) is 4.83. The minimum absolute atomic E-state index is 0.0664. The number of rotatable bonds is 8. The van der Waals surface area contributed by atoms with Gasteiger partial charge in [0, 0.05) is 36.3 Å². The number of hydrogen-bond donors (Lipinski definition) is 2. The van der Waals surface area contributed by atoms with Crippen LogP contribution in [-0.4, -0.2) is 70.7 Å². The molecule has 0 aromatic heterocycles. The molecule has 0 radical (unpaired) electrons. The van der Waals surface area contributed by atoms with Crippen LogP contribution in [0.15, 0.2) is 24.3 Å². The Kier molecular flexibility index (Phi) is 8.00. The summed E-state index contributed by atoms with van der Waals surface area (Å²) in [7, 11) is 0. The number of carbonyl (C=O) groups excluding carboxylic acids is 4. The second-order valence-corrected chi connectivity index (χ2v) is 10.6. The Morgan fingerprint density at radius 2 is 1.21 bits per heavy atom. The maximum absolute atomic E-state index is 12.9. The normalized spacial score (nSPS) is 24.9. The van der Waals surface area contributed by atoms with Crippen molar-refractivity contribution in [2.24, 2.45) is 11.8 Å². The van der Waals surface area contributed by atoms with Gasteiger partial charge in [-0.25, -0.2) is 0 Å². The van der Waals surface area contributed by atoms with E-state index in [1.54, 1.807) is 18.2 Å². The lowest BCUT2D eigenvalue weighted by Gasteiger charge is -2.23. The van der Waals surface area contributed by atoms with E-state index in [9.17, 15) is 19.2 Å². The van der Waals surface area contributed by atoms with Gasteiger partial charge in [0.15, 0.2) is 0 Å². The van der Waals surface area contributed by atoms with Crippen LogP contribution in [0.25, 0.3) is 0 Å². The molecule has 3 rings (SSSR count). The van der Waals surface area contributed by atoms with Gasteiger partial charge >= 0.3 is 0 Å². The minimum Gasteiger partial charge on any atom is -0.340 e. The zero-order valence-electron chi connectivity index (χ0n) is 21.1. The number of likely N-dealkylation sites (tertiary alicyclic amines) is 2. The average Bonchev–Trinajstić information content (AvgIpc) is 3.17. The number of carbonyl (C=O) groups is 4. The third kappa shape index (κ3) is 5.77.